The molecular weight excluding hydrogens is 264 g/mol. The molecule has 1 N–H and O–H groups in total. The second kappa shape index (κ2) is 7.60. The van der Waals surface area contributed by atoms with Gasteiger partial charge in [-0.25, -0.2) is 4.79 Å². The first-order valence-corrected chi connectivity index (χ1v) is 7.22. The molecule has 110 valence electrons. The molecule has 0 amide bonds. The molecule has 0 aliphatic heterocycles. The molecule has 0 aliphatic rings. The van der Waals surface area contributed by atoms with Gasteiger partial charge < -0.3 is 9.84 Å². The summed E-state index contributed by atoms with van der Waals surface area (Å²) < 4.78 is 4.93. The topological polar surface area (TPSA) is 46.5 Å². The van der Waals surface area contributed by atoms with Gasteiger partial charge in [-0.15, -0.1) is 0 Å². The van der Waals surface area contributed by atoms with Gasteiger partial charge in [0.25, 0.3) is 0 Å². The Morgan fingerprint density at radius 3 is 2.81 bits per heavy atom. The number of esters is 1. The first-order valence-electron chi connectivity index (χ1n) is 7.22. The highest BCUT2D eigenvalue weighted by Gasteiger charge is 2.06. The van der Waals surface area contributed by atoms with Crippen molar-refractivity contribution in [1.82, 2.24) is 0 Å². The van der Waals surface area contributed by atoms with Gasteiger partial charge in [0.05, 0.1) is 6.61 Å². The van der Waals surface area contributed by atoms with Crippen LogP contribution in [0.2, 0.25) is 0 Å². The number of hydrogen-bond acceptors (Lipinski definition) is 3. The molecule has 3 nitrogen and oxygen atoms in total. The number of aliphatic hydroxyl groups excluding tert-OH is 1. The van der Waals surface area contributed by atoms with Crippen LogP contribution in [0.5, 0.6) is 0 Å². The summed E-state index contributed by atoms with van der Waals surface area (Å²) in [6.07, 6.45) is 4.77. The number of aliphatic hydroxyl groups is 1. The minimum absolute atomic E-state index is 0.161. The van der Waals surface area contributed by atoms with E-state index in [0.717, 1.165) is 28.3 Å². The van der Waals surface area contributed by atoms with E-state index in [2.05, 4.69) is 12.1 Å². The number of rotatable bonds is 6. The Bertz CT molecular complexity index is 644. The van der Waals surface area contributed by atoms with Crippen LogP contribution in [0.25, 0.3) is 16.8 Å². The molecule has 0 spiro atoms. The van der Waals surface area contributed by atoms with Gasteiger partial charge in [-0.05, 0) is 47.7 Å². The van der Waals surface area contributed by atoms with Crippen molar-refractivity contribution >= 4 is 22.8 Å². The quantitative estimate of drug-likeness (QED) is 0.653. The lowest BCUT2D eigenvalue weighted by Gasteiger charge is -2.09. The van der Waals surface area contributed by atoms with E-state index >= 15 is 0 Å². The zero-order valence-electron chi connectivity index (χ0n) is 12.2. The Kier molecular flexibility index (Phi) is 5.52. The zero-order chi connectivity index (χ0) is 15.1. The number of carbonyl (C=O) groups is 1. The average molecular weight is 284 g/mol. The number of hydrogen-bond donors (Lipinski definition) is 1. The fourth-order valence-corrected chi connectivity index (χ4v) is 2.37. The van der Waals surface area contributed by atoms with E-state index in [4.69, 9.17) is 9.84 Å². The minimum Gasteiger partial charge on any atom is -0.463 e. The van der Waals surface area contributed by atoms with Crippen LogP contribution in [0.15, 0.2) is 42.5 Å². The summed E-state index contributed by atoms with van der Waals surface area (Å²) in [5.41, 5.74) is 2.15. The van der Waals surface area contributed by atoms with Crippen molar-refractivity contribution in [3.8, 4) is 0 Å². The van der Waals surface area contributed by atoms with E-state index in [1.807, 2.05) is 30.3 Å². The number of carbonyl (C=O) groups excluding carboxylic acids is 1. The Morgan fingerprint density at radius 1 is 1.24 bits per heavy atom. The van der Waals surface area contributed by atoms with E-state index in [0.29, 0.717) is 13.0 Å². The van der Waals surface area contributed by atoms with Crippen molar-refractivity contribution in [2.24, 2.45) is 0 Å². The molecule has 21 heavy (non-hydrogen) atoms. The Morgan fingerprint density at radius 2 is 2.05 bits per heavy atom. The molecule has 0 atom stereocenters. The lowest BCUT2D eigenvalue weighted by atomic mass is 9.96. The molecule has 0 bridgehead atoms. The van der Waals surface area contributed by atoms with Gasteiger partial charge in [0.1, 0.15) is 0 Å². The van der Waals surface area contributed by atoms with Gasteiger partial charge in [0.15, 0.2) is 0 Å². The molecular formula is C18H20O3. The largest absolute Gasteiger partial charge is 0.463 e. The Labute approximate surface area is 124 Å². The van der Waals surface area contributed by atoms with Crippen LogP contribution in [0.1, 0.15) is 24.5 Å². The van der Waals surface area contributed by atoms with Crippen molar-refractivity contribution in [2.75, 3.05) is 13.2 Å². The molecule has 0 heterocycles. The Balaban J connectivity index is 2.42. The maximum atomic E-state index is 11.5. The van der Waals surface area contributed by atoms with Crippen LogP contribution in [0.4, 0.5) is 0 Å². The van der Waals surface area contributed by atoms with E-state index in [1.165, 1.54) is 6.08 Å². The molecule has 0 saturated heterocycles. The standard InChI is InChI=1S/C18H20O3/c1-2-21-18(20)12-11-17-15(7-5-13-19)10-9-14-6-3-4-8-16(14)17/h3-4,6,8-12,19H,2,5,7,13H2,1H3/b12-11+. The predicted molar refractivity (Wildman–Crippen MR) is 85.0 cm³/mol. The van der Waals surface area contributed by atoms with Crippen LogP contribution in [-0.4, -0.2) is 24.3 Å². The van der Waals surface area contributed by atoms with E-state index in [1.54, 1.807) is 6.92 Å². The lowest BCUT2D eigenvalue weighted by molar-refractivity contribution is -0.137. The highest BCUT2D eigenvalue weighted by Crippen LogP contribution is 2.25. The van der Waals surface area contributed by atoms with Crippen LogP contribution < -0.4 is 0 Å². The van der Waals surface area contributed by atoms with Gasteiger partial charge in [-0.2, -0.15) is 0 Å². The molecule has 2 rings (SSSR count). The van der Waals surface area contributed by atoms with Crippen LogP contribution >= 0.6 is 0 Å². The second-order valence-electron chi connectivity index (χ2n) is 4.77. The summed E-state index contributed by atoms with van der Waals surface area (Å²) in [6, 6.07) is 12.2. The van der Waals surface area contributed by atoms with Crippen molar-refractivity contribution in [3.63, 3.8) is 0 Å². The number of aryl methyl sites for hydroxylation is 1. The maximum Gasteiger partial charge on any atom is 0.330 e. The summed E-state index contributed by atoms with van der Waals surface area (Å²) in [7, 11) is 0. The molecule has 0 aliphatic carbocycles. The fraction of sp³-hybridized carbons (Fsp3) is 0.278. The van der Waals surface area contributed by atoms with Gasteiger partial charge in [-0.3, -0.25) is 0 Å². The van der Waals surface area contributed by atoms with Crippen molar-refractivity contribution in [1.29, 1.82) is 0 Å². The molecule has 2 aromatic rings. The Hall–Kier alpha value is -2.13. The summed E-state index contributed by atoms with van der Waals surface area (Å²) in [5, 5.41) is 11.3. The van der Waals surface area contributed by atoms with Gasteiger partial charge in [-0.1, -0.05) is 36.4 Å². The minimum atomic E-state index is -0.335. The number of fused-ring (bicyclic) bond motifs is 1. The van der Waals surface area contributed by atoms with Crippen molar-refractivity contribution < 1.29 is 14.6 Å². The van der Waals surface area contributed by atoms with Crippen LogP contribution in [0.3, 0.4) is 0 Å². The average Bonchev–Trinajstić information content (AvgIpc) is 2.51. The van der Waals surface area contributed by atoms with E-state index < -0.39 is 0 Å². The van der Waals surface area contributed by atoms with Crippen molar-refractivity contribution in [2.45, 2.75) is 19.8 Å². The third-order valence-corrected chi connectivity index (χ3v) is 3.34. The van der Waals surface area contributed by atoms with E-state index in [-0.39, 0.29) is 12.6 Å². The van der Waals surface area contributed by atoms with Crippen molar-refractivity contribution in [3.05, 3.63) is 53.6 Å². The first kappa shape index (κ1) is 15.3. The zero-order valence-corrected chi connectivity index (χ0v) is 12.2. The molecule has 0 fully saturated rings. The second-order valence-corrected chi connectivity index (χ2v) is 4.77. The molecule has 0 radical (unpaired) electrons. The smallest absolute Gasteiger partial charge is 0.330 e. The molecule has 0 aromatic heterocycles. The summed E-state index contributed by atoms with van der Waals surface area (Å²) >= 11 is 0. The monoisotopic (exact) mass is 284 g/mol. The number of ether oxygens (including phenoxy) is 1. The third kappa shape index (κ3) is 3.92. The molecule has 2 aromatic carbocycles. The van der Waals surface area contributed by atoms with Crippen LogP contribution in [0, 0.1) is 0 Å². The fourth-order valence-electron chi connectivity index (χ4n) is 2.37. The third-order valence-electron chi connectivity index (χ3n) is 3.34. The predicted octanol–water partition coefficient (Wildman–Crippen LogP) is 3.34. The highest BCUT2D eigenvalue weighted by atomic mass is 16.5. The molecule has 3 heteroatoms. The van der Waals surface area contributed by atoms with Crippen LogP contribution in [-0.2, 0) is 16.0 Å². The number of benzene rings is 2. The highest BCUT2D eigenvalue weighted by molar-refractivity contribution is 5.95. The van der Waals surface area contributed by atoms with E-state index in [9.17, 15) is 4.79 Å². The summed E-state index contributed by atoms with van der Waals surface area (Å²) in [4.78, 5) is 11.5. The van der Waals surface area contributed by atoms with Gasteiger partial charge in [0, 0.05) is 12.7 Å². The normalized spacial score (nSPS) is 11.1. The van der Waals surface area contributed by atoms with Gasteiger partial charge >= 0.3 is 5.97 Å². The summed E-state index contributed by atoms with van der Waals surface area (Å²) in [6.45, 7) is 2.32. The SMILES string of the molecule is CCOC(=O)/C=C/c1c(CCCO)ccc2ccccc12. The first-order chi connectivity index (χ1) is 10.3. The molecule has 0 unspecified atom stereocenters. The summed E-state index contributed by atoms with van der Waals surface area (Å²) in [5.74, 6) is -0.335. The van der Waals surface area contributed by atoms with Gasteiger partial charge in [0.2, 0.25) is 0 Å². The molecule has 0 saturated carbocycles. The lowest BCUT2D eigenvalue weighted by Crippen LogP contribution is -1.99. The maximum absolute atomic E-state index is 11.5.